The van der Waals surface area contributed by atoms with Gasteiger partial charge in [-0.25, -0.2) is 4.99 Å². The average Bonchev–Trinajstić information content (AvgIpc) is 2.29. The van der Waals surface area contributed by atoms with Crippen LogP contribution in [0.2, 0.25) is 0 Å². The second-order valence-electron chi connectivity index (χ2n) is 2.43. The number of nitrogens with two attached hydrogens (primary N) is 1. The van der Waals surface area contributed by atoms with Crippen molar-refractivity contribution in [2.45, 2.75) is 11.4 Å². The van der Waals surface area contributed by atoms with Gasteiger partial charge in [0, 0.05) is 0 Å². The molecule has 0 aromatic heterocycles. The highest BCUT2D eigenvalue weighted by molar-refractivity contribution is 9.09. The number of aliphatic hydroxyl groups is 1. The number of rotatable bonds is 0. The van der Waals surface area contributed by atoms with Gasteiger partial charge in [-0.3, -0.25) is 0 Å². The van der Waals surface area contributed by atoms with Gasteiger partial charge in [-0.05, 0) is 15.9 Å². The molecule has 2 rings (SSSR count). The number of amidine groups is 1. The maximum atomic E-state index is 9.12. The van der Waals surface area contributed by atoms with Gasteiger partial charge in [0.1, 0.15) is 11.5 Å². The van der Waals surface area contributed by atoms with E-state index in [1.807, 2.05) is 0 Å². The topological polar surface area (TPSA) is 94.7 Å². The van der Waals surface area contributed by atoms with Crippen molar-refractivity contribution in [3.8, 4) is 0 Å². The lowest BCUT2D eigenvalue weighted by molar-refractivity contribution is 0.154. The predicted molar refractivity (Wildman–Crippen MR) is 46.8 cm³/mol. The largest absolute Gasteiger partial charge is 0.382 e. The molecule has 0 radical (unpaired) electrons. The summed E-state index contributed by atoms with van der Waals surface area (Å²) in [7, 11) is 0. The van der Waals surface area contributed by atoms with E-state index in [-0.39, 0.29) is 5.08 Å². The Balaban J connectivity index is 2.27. The summed E-state index contributed by atoms with van der Waals surface area (Å²) in [6.45, 7) is 0. The molecule has 0 aromatic carbocycles. The van der Waals surface area contributed by atoms with Crippen LogP contribution < -0.4 is 21.7 Å². The molecule has 2 atom stereocenters. The first kappa shape index (κ1) is 7.69. The molecule has 7 heteroatoms. The second kappa shape index (κ2) is 2.53. The van der Waals surface area contributed by atoms with E-state index in [0.717, 1.165) is 0 Å². The van der Waals surface area contributed by atoms with Crippen molar-refractivity contribution in [2.75, 3.05) is 0 Å². The normalized spacial score (nSPS) is 33.0. The molecule has 0 bridgehead atoms. The first-order valence-corrected chi connectivity index (χ1v) is 4.28. The predicted octanol–water partition coefficient (Wildman–Crippen LogP) is -1.74. The van der Waals surface area contributed by atoms with Crippen molar-refractivity contribution in [3.05, 3.63) is 11.5 Å². The number of aliphatic imine (C=N–C) groups is 1. The Kier molecular flexibility index (Phi) is 1.62. The highest BCUT2D eigenvalue weighted by Crippen LogP contribution is 2.13. The number of alkyl halides is 1. The zero-order chi connectivity index (χ0) is 8.72. The van der Waals surface area contributed by atoms with E-state index in [4.69, 9.17) is 10.8 Å². The van der Waals surface area contributed by atoms with E-state index >= 15 is 0 Å². The molecular weight excluding hydrogens is 226 g/mol. The van der Waals surface area contributed by atoms with Crippen molar-refractivity contribution in [1.29, 1.82) is 0 Å². The molecule has 6 nitrogen and oxygen atoms in total. The standard InChI is InChI=1S/C5H8BrN5O/c6-4-8-1-2(7)9-5(12)11-3(1)10-4/h4-5,8,10-12H,(H2,7,9). The summed E-state index contributed by atoms with van der Waals surface area (Å²) in [6.07, 6.45) is -0.962. The molecule has 2 aliphatic heterocycles. The Morgan fingerprint density at radius 1 is 1.42 bits per heavy atom. The first-order chi connectivity index (χ1) is 5.66. The van der Waals surface area contributed by atoms with Crippen LogP contribution in [0, 0.1) is 0 Å². The lowest BCUT2D eigenvalue weighted by Gasteiger charge is -2.17. The Labute approximate surface area is 77.0 Å². The van der Waals surface area contributed by atoms with Gasteiger partial charge in [-0.1, -0.05) is 0 Å². The quantitative estimate of drug-likeness (QED) is 0.253. The maximum Gasteiger partial charge on any atom is 0.226 e. The van der Waals surface area contributed by atoms with Gasteiger partial charge in [0.25, 0.3) is 0 Å². The smallest absolute Gasteiger partial charge is 0.226 e. The van der Waals surface area contributed by atoms with E-state index in [1.54, 1.807) is 0 Å². The third-order valence-corrected chi connectivity index (χ3v) is 2.04. The van der Waals surface area contributed by atoms with Gasteiger partial charge < -0.3 is 26.8 Å². The minimum atomic E-state index is -0.962. The Hall–Kier alpha value is -0.950. The van der Waals surface area contributed by atoms with Crippen molar-refractivity contribution in [2.24, 2.45) is 10.7 Å². The number of halogens is 1. The van der Waals surface area contributed by atoms with Gasteiger partial charge in [0.05, 0.1) is 0 Å². The van der Waals surface area contributed by atoms with Gasteiger partial charge in [-0.15, -0.1) is 0 Å². The van der Waals surface area contributed by atoms with E-state index in [1.165, 1.54) is 0 Å². The zero-order valence-electron chi connectivity index (χ0n) is 6.00. The molecule has 0 saturated heterocycles. The summed E-state index contributed by atoms with van der Waals surface area (Å²) < 4.78 is 0. The molecule has 2 heterocycles. The van der Waals surface area contributed by atoms with Crippen molar-refractivity contribution in [3.63, 3.8) is 0 Å². The Bertz CT molecular complexity index is 275. The van der Waals surface area contributed by atoms with Crippen LogP contribution >= 0.6 is 15.9 Å². The van der Waals surface area contributed by atoms with E-state index in [9.17, 15) is 0 Å². The zero-order valence-corrected chi connectivity index (χ0v) is 7.59. The molecule has 0 aromatic rings. The van der Waals surface area contributed by atoms with Crippen LogP contribution in [0.3, 0.4) is 0 Å². The van der Waals surface area contributed by atoms with E-state index < -0.39 is 6.35 Å². The maximum absolute atomic E-state index is 9.12. The summed E-state index contributed by atoms with van der Waals surface area (Å²) in [6, 6.07) is 0. The summed E-state index contributed by atoms with van der Waals surface area (Å²) in [5.41, 5.74) is 6.22. The number of hydrogen-bond donors (Lipinski definition) is 5. The van der Waals surface area contributed by atoms with Crippen LogP contribution in [0.4, 0.5) is 0 Å². The third kappa shape index (κ3) is 1.10. The fraction of sp³-hybridized carbons (Fsp3) is 0.400. The Morgan fingerprint density at radius 3 is 2.92 bits per heavy atom. The monoisotopic (exact) mass is 233 g/mol. The highest BCUT2D eigenvalue weighted by atomic mass is 79.9. The summed E-state index contributed by atoms with van der Waals surface area (Å²) in [4.78, 5) is 3.72. The number of nitrogens with zero attached hydrogens (tertiary/aromatic N) is 1. The SMILES string of the molecule is NC1=NC(O)NC2=C1NC(Br)N2. The molecule has 6 N–H and O–H groups in total. The number of hydrogen-bond acceptors (Lipinski definition) is 6. The van der Waals surface area contributed by atoms with Crippen LogP contribution in [-0.4, -0.2) is 22.4 Å². The van der Waals surface area contributed by atoms with Crippen LogP contribution in [0.15, 0.2) is 16.5 Å². The molecule has 12 heavy (non-hydrogen) atoms. The molecule has 2 aliphatic rings. The van der Waals surface area contributed by atoms with Crippen LogP contribution in [0.25, 0.3) is 0 Å². The Morgan fingerprint density at radius 2 is 2.17 bits per heavy atom. The van der Waals surface area contributed by atoms with E-state index in [2.05, 4.69) is 36.9 Å². The minimum absolute atomic E-state index is 0.0750. The molecule has 0 amide bonds. The molecule has 0 fully saturated rings. The molecular formula is C5H8BrN5O. The summed E-state index contributed by atoms with van der Waals surface area (Å²) in [5.74, 6) is 0.961. The summed E-state index contributed by atoms with van der Waals surface area (Å²) in [5, 5.41) is 17.7. The fourth-order valence-corrected chi connectivity index (χ4v) is 1.57. The molecule has 0 spiro atoms. The number of aliphatic hydroxyl groups excluding tert-OH is 1. The molecule has 0 saturated carbocycles. The number of nitrogens with one attached hydrogen (secondary N) is 3. The second-order valence-corrected chi connectivity index (χ2v) is 3.35. The summed E-state index contributed by atoms with van der Waals surface area (Å²) >= 11 is 3.28. The molecule has 2 unspecified atom stereocenters. The van der Waals surface area contributed by atoms with E-state index in [0.29, 0.717) is 17.4 Å². The lowest BCUT2D eigenvalue weighted by atomic mass is 10.4. The highest BCUT2D eigenvalue weighted by Gasteiger charge is 2.27. The average molecular weight is 234 g/mol. The third-order valence-electron chi connectivity index (χ3n) is 1.58. The lowest BCUT2D eigenvalue weighted by Crippen LogP contribution is -2.39. The van der Waals surface area contributed by atoms with Gasteiger partial charge in [0.2, 0.25) is 6.35 Å². The first-order valence-electron chi connectivity index (χ1n) is 3.36. The van der Waals surface area contributed by atoms with Crippen LogP contribution in [0.5, 0.6) is 0 Å². The minimum Gasteiger partial charge on any atom is -0.382 e. The van der Waals surface area contributed by atoms with Crippen molar-refractivity contribution in [1.82, 2.24) is 16.0 Å². The van der Waals surface area contributed by atoms with Crippen LogP contribution in [-0.2, 0) is 0 Å². The van der Waals surface area contributed by atoms with Crippen LogP contribution in [0.1, 0.15) is 0 Å². The molecule has 66 valence electrons. The van der Waals surface area contributed by atoms with Crippen molar-refractivity contribution < 1.29 is 5.11 Å². The molecule has 0 aliphatic carbocycles. The fourth-order valence-electron chi connectivity index (χ4n) is 1.11. The van der Waals surface area contributed by atoms with Gasteiger partial charge in [-0.2, -0.15) is 0 Å². The van der Waals surface area contributed by atoms with Crippen molar-refractivity contribution >= 4 is 21.8 Å². The van der Waals surface area contributed by atoms with Gasteiger partial charge >= 0.3 is 0 Å². The van der Waals surface area contributed by atoms with Gasteiger partial charge in [0.15, 0.2) is 10.9 Å².